The van der Waals surface area contributed by atoms with Gasteiger partial charge >= 0.3 is 0 Å². The van der Waals surface area contributed by atoms with Crippen LogP contribution in [0.25, 0.3) is 0 Å². The van der Waals surface area contributed by atoms with Crippen molar-refractivity contribution in [3.63, 3.8) is 0 Å². The molecule has 3 aliphatic rings. The second-order valence-corrected chi connectivity index (χ2v) is 7.57. The molecule has 4 rings (SSSR count). The number of nitrogens with one attached hydrogen (secondary N) is 1. The van der Waals surface area contributed by atoms with Crippen molar-refractivity contribution in [3.8, 4) is 0 Å². The van der Waals surface area contributed by atoms with Crippen LogP contribution in [0.3, 0.4) is 0 Å². The Morgan fingerprint density at radius 3 is 2.71 bits per heavy atom. The highest BCUT2D eigenvalue weighted by molar-refractivity contribution is 7.15. The molecule has 1 unspecified atom stereocenters. The summed E-state index contributed by atoms with van der Waals surface area (Å²) in [6, 6.07) is 1.47. The van der Waals surface area contributed by atoms with Gasteiger partial charge in [0, 0.05) is 43.1 Å². The highest BCUT2D eigenvalue weighted by Crippen LogP contribution is 2.38. The number of anilines is 1. The molecule has 2 fully saturated rings. The first-order valence-electron chi connectivity index (χ1n) is 8.57. The molecule has 0 bridgehead atoms. The van der Waals surface area contributed by atoms with Gasteiger partial charge in [0.05, 0.1) is 5.69 Å². The van der Waals surface area contributed by atoms with Crippen molar-refractivity contribution in [2.45, 2.75) is 51.1 Å². The summed E-state index contributed by atoms with van der Waals surface area (Å²) < 4.78 is 0. The molecule has 1 saturated heterocycles. The molecule has 0 spiro atoms. The van der Waals surface area contributed by atoms with Crippen LogP contribution in [0.15, 0.2) is 0 Å². The Morgan fingerprint density at radius 2 is 2.00 bits per heavy atom. The van der Waals surface area contributed by atoms with E-state index in [0.29, 0.717) is 6.04 Å². The molecule has 1 saturated carbocycles. The molecular weight excluding hydrogens is 280 g/mol. The van der Waals surface area contributed by atoms with E-state index in [1.807, 2.05) is 11.3 Å². The zero-order chi connectivity index (χ0) is 14.2. The largest absolute Gasteiger partial charge is 0.346 e. The molecule has 21 heavy (non-hydrogen) atoms. The number of hydrogen-bond acceptors (Lipinski definition) is 5. The Balaban J connectivity index is 1.46. The van der Waals surface area contributed by atoms with Crippen LogP contribution in [0.2, 0.25) is 0 Å². The van der Waals surface area contributed by atoms with E-state index < -0.39 is 0 Å². The van der Waals surface area contributed by atoms with Crippen molar-refractivity contribution in [2.75, 3.05) is 37.6 Å². The normalized spacial score (nSPS) is 26.9. The molecule has 1 aromatic heterocycles. The van der Waals surface area contributed by atoms with E-state index in [9.17, 15) is 0 Å². The molecule has 116 valence electrons. The molecule has 1 aliphatic heterocycles. The summed E-state index contributed by atoms with van der Waals surface area (Å²) in [5.74, 6) is 0. The van der Waals surface area contributed by atoms with E-state index in [1.54, 1.807) is 0 Å². The van der Waals surface area contributed by atoms with Gasteiger partial charge in [-0.2, -0.15) is 0 Å². The fourth-order valence-electron chi connectivity index (χ4n) is 3.70. The summed E-state index contributed by atoms with van der Waals surface area (Å²) >= 11 is 1.95. The maximum atomic E-state index is 4.98. The molecule has 0 radical (unpaired) electrons. The first-order chi connectivity index (χ1) is 10.3. The van der Waals surface area contributed by atoms with Gasteiger partial charge < -0.3 is 10.2 Å². The van der Waals surface area contributed by atoms with Crippen LogP contribution in [0, 0.1) is 0 Å². The number of rotatable bonds is 4. The summed E-state index contributed by atoms with van der Waals surface area (Å²) in [5.41, 5.74) is 1.37. The fourth-order valence-corrected chi connectivity index (χ4v) is 4.97. The lowest BCUT2D eigenvalue weighted by Gasteiger charge is -2.34. The topological polar surface area (TPSA) is 31.4 Å². The fraction of sp³-hybridized carbons (Fsp3) is 0.812. The number of nitrogens with zero attached hydrogens (tertiary/aromatic N) is 3. The first kappa shape index (κ1) is 14.0. The smallest absolute Gasteiger partial charge is 0.185 e. The Hall–Kier alpha value is -0.650. The molecule has 4 nitrogen and oxygen atoms in total. The van der Waals surface area contributed by atoms with Gasteiger partial charge in [-0.25, -0.2) is 4.98 Å². The molecule has 5 heteroatoms. The Labute approximate surface area is 131 Å². The number of thiazole rings is 1. The van der Waals surface area contributed by atoms with E-state index in [-0.39, 0.29) is 0 Å². The maximum Gasteiger partial charge on any atom is 0.185 e. The zero-order valence-corrected chi connectivity index (χ0v) is 13.8. The van der Waals surface area contributed by atoms with Crippen LogP contribution in [-0.4, -0.2) is 48.6 Å². The average molecular weight is 306 g/mol. The van der Waals surface area contributed by atoms with Gasteiger partial charge in [0.1, 0.15) is 0 Å². The maximum absolute atomic E-state index is 4.98. The minimum atomic E-state index is 0.553. The van der Waals surface area contributed by atoms with Crippen LogP contribution < -0.4 is 10.2 Å². The third-order valence-electron chi connectivity index (χ3n) is 5.04. The van der Waals surface area contributed by atoms with Crippen molar-refractivity contribution in [1.82, 2.24) is 15.2 Å². The van der Waals surface area contributed by atoms with Crippen LogP contribution >= 0.6 is 11.3 Å². The quantitative estimate of drug-likeness (QED) is 0.926. The summed E-state index contributed by atoms with van der Waals surface area (Å²) in [4.78, 5) is 11.7. The van der Waals surface area contributed by atoms with Gasteiger partial charge in [-0.3, -0.25) is 4.90 Å². The highest BCUT2D eigenvalue weighted by Gasteiger charge is 2.32. The van der Waals surface area contributed by atoms with E-state index >= 15 is 0 Å². The van der Waals surface area contributed by atoms with Gasteiger partial charge in [-0.15, -0.1) is 0 Å². The SMILES string of the molecule is CCNC1CCCc2nc(N3CCN(C4CC4)CC3)sc21. The van der Waals surface area contributed by atoms with Crippen molar-refractivity contribution in [2.24, 2.45) is 0 Å². The Bertz CT molecular complexity index is 488. The van der Waals surface area contributed by atoms with Gasteiger partial charge in [0.15, 0.2) is 5.13 Å². The molecule has 2 heterocycles. The zero-order valence-electron chi connectivity index (χ0n) is 13.0. The number of fused-ring (bicyclic) bond motifs is 1. The third-order valence-corrected chi connectivity index (χ3v) is 6.31. The van der Waals surface area contributed by atoms with Crippen molar-refractivity contribution in [3.05, 3.63) is 10.6 Å². The molecule has 2 aliphatic carbocycles. The van der Waals surface area contributed by atoms with Gasteiger partial charge in [-0.05, 0) is 38.6 Å². The minimum Gasteiger partial charge on any atom is -0.346 e. The van der Waals surface area contributed by atoms with E-state index in [0.717, 1.165) is 25.7 Å². The van der Waals surface area contributed by atoms with Crippen LogP contribution in [0.5, 0.6) is 0 Å². The molecule has 1 atom stereocenters. The predicted octanol–water partition coefficient (Wildman–Crippen LogP) is 2.41. The van der Waals surface area contributed by atoms with E-state index in [4.69, 9.17) is 4.98 Å². The summed E-state index contributed by atoms with van der Waals surface area (Å²) in [6.45, 7) is 8.03. The van der Waals surface area contributed by atoms with Crippen molar-refractivity contribution in [1.29, 1.82) is 0 Å². The van der Waals surface area contributed by atoms with Gasteiger partial charge in [-0.1, -0.05) is 18.3 Å². The molecule has 1 N–H and O–H groups in total. The second-order valence-electron chi connectivity index (χ2n) is 6.56. The lowest BCUT2D eigenvalue weighted by Crippen LogP contribution is -2.47. The van der Waals surface area contributed by atoms with E-state index in [1.165, 1.54) is 60.9 Å². The summed E-state index contributed by atoms with van der Waals surface area (Å²) in [6.07, 6.45) is 6.59. The molecule has 1 aromatic rings. The monoisotopic (exact) mass is 306 g/mol. The van der Waals surface area contributed by atoms with Crippen molar-refractivity contribution < 1.29 is 0 Å². The van der Waals surface area contributed by atoms with Crippen LogP contribution in [0.4, 0.5) is 5.13 Å². The number of hydrogen-bond donors (Lipinski definition) is 1. The number of aryl methyl sites for hydroxylation is 1. The van der Waals surface area contributed by atoms with Gasteiger partial charge in [0.2, 0.25) is 0 Å². The lowest BCUT2D eigenvalue weighted by molar-refractivity contribution is 0.248. The average Bonchev–Trinajstić information content (AvgIpc) is 3.27. The van der Waals surface area contributed by atoms with E-state index in [2.05, 4.69) is 22.0 Å². The van der Waals surface area contributed by atoms with Crippen molar-refractivity contribution >= 4 is 16.5 Å². The summed E-state index contributed by atoms with van der Waals surface area (Å²) in [5, 5.41) is 4.91. The Kier molecular flexibility index (Phi) is 3.90. The second kappa shape index (κ2) is 5.86. The van der Waals surface area contributed by atoms with Crippen LogP contribution in [-0.2, 0) is 6.42 Å². The number of aromatic nitrogens is 1. The van der Waals surface area contributed by atoms with Gasteiger partial charge in [0.25, 0.3) is 0 Å². The first-order valence-corrected chi connectivity index (χ1v) is 9.38. The lowest BCUT2D eigenvalue weighted by atomic mass is 9.98. The standard InChI is InChI=1S/C16H26N4S/c1-2-17-13-4-3-5-14-15(13)21-16(18-14)20-10-8-19(9-11-20)12-6-7-12/h12-13,17H,2-11H2,1H3. The molecule has 0 amide bonds. The highest BCUT2D eigenvalue weighted by atomic mass is 32.1. The third kappa shape index (κ3) is 2.83. The number of piperazine rings is 1. The summed E-state index contributed by atoms with van der Waals surface area (Å²) in [7, 11) is 0. The Morgan fingerprint density at radius 1 is 1.19 bits per heavy atom. The van der Waals surface area contributed by atoms with Crippen LogP contribution in [0.1, 0.15) is 49.2 Å². The predicted molar refractivity (Wildman–Crippen MR) is 88.3 cm³/mol. The molecular formula is C16H26N4S. The minimum absolute atomic E-state index is 0.553. The molecule has 0 aromatic carbocycles.